The van der Waals surface area contributed by atoms with E-state index in [9.17, 15) is 5.11 Å². The largest absolute Gasteiger partial charge is 0.508 e. The fraction of sp³-hybridized carbons (Fsp3) is 0.250. The SMILES string of the molecule is Oc1cc(O)c2c(c1)CNC2. The van der Waals surface area contributed by atoms with Crippen molar-refractivity contribution in [3.8, 4) is 11.5 Å². The third-order valence-corrected chi connectivity index (χ3v) is 1.92. The highest BCUT2D eigenvalue weighted by atomic mass is 16.3. The molecule has 1 heterocycles. The number of hydrogen-bond acceptors (Lipinski definition) is 3. The van der Waals surface area contributed by atoms with Gasteiger partial charge in [0.25, 0.3) is 0 Å². The Morgan fingerprint density at radius 2 is 2.00 bits per heavy atom. The summed E-state index contributed by atoms with van der Waals surface area (Å²) in [4.78, 5) is 0. The van der Waals surface area contributed by atoms with Crippen LogP contribution in [0, 0.1) is 0 Å². The zero-order valence-corrected chi connectivity index (χ0v) is 5.96. The first-order valence-corrected chi connectivity index (χ1v) is 3.52. The van der Waals surface area contributed by atoms with Crippen LogP contribution in [0.3, 0.4) is 0 Å². The quantitative estimate of drug-likeness (QED) is 0.511. The lowest BCUT2D eigenvalue weighted by Crippen LogP contribution is -1.99. The molecule has 0 unspecified atom stereocenters. The fourth-order valence-corrected chi connectivity index (χ4v) is 1.38. The molecule has 11 heavy (non-hydrogen) atoms. The Labute approximate surface area is 64.3 Å². The average Bonchev–Trinajstić information content (AvgIpc) is 2.34. The lowest BCUT2D eigenvalue weighted by atomic mass is 10.1. The Morgan fingerprint density at radius 3 is 2.82 bits per heavy atom. The normalized spacial score (nSPS) is 14.9. The fourth-order valence-electron chi connectivity index (χ4n) is 1.38. The first kappa shape index (κ1) is 6.49. The Kier molecular flexibility index (Phi) is 1.26. The molecule has 0 fully saturated rings. The minimum atomic E-state index is 0.130. The molecule has 0 saturated heterocycles. The van der Waals surface area contributed by atoms with Crippen LogP contribution in [0.2, 0.25) is 0 Å². The summed E-state index contributed by atoms with van der Waals surface area (Å²) in [6, 6.07) is 3.04. The summed E-state index contributed by atoms with van der Waals surface area (Å²) < 4.78 is 0. The third-order valence-electron chi connectivity index (χ3n) is 1.92. The number of nitrogens with one attached hydrogen (secondary N) is 1. The summed E-state index contributed by atoms with van der Waals surface area (Å²) in [5, 5.41) is 21.5. The van der Waals surface area contributed by atoms with Gasteiger partial charge in [-0.25, -0.2) is 0 Å². The van der Waals surface area contributed by atoms with E-state index in [1.54, 1.807) is 6.07 Å². The second-order valence-electron chi connectivity index (χ2n) is 2.71. The van der Waals surface area contributed by atoms with Crippen LogP contribution >= 0.6 is 0 Å². The van der Waals surface area contributed by atoms with Crippen molar-refractivity contribution in [3.05, 3.63) is 23.3 Å². The first-order valence-electron chi connectivity index (χ1n) is 3.52. The minimum Gasteiger partial charge on any atom is -0.508 e. The smallest absolute Gasteiger partial charge is 0.124 e. The van der Waals surface area contributed by atoms with Gasteiger partial charge in [0.15, 0.2) is 0 Å². The van der Waals surface area contributed by atoms with Crippen molar-refractivity contribution < 1.29 is 10.2 Å². The molecule has 0 amide bonds. The van der Waals surface area contributed by atoms with Crippen molar-refractivity contribution >= 4 is 0 Å². The van der Waals surface area contributed by atoms with E-state index in [-0.39, 0.29) is 11.5 Å². The molecule has 1 aliphatic heterocycles. The van der Waals surface area contributed by atoms with Crippen molar-refractivity contribution in [2.75, 3.05) is 0 Å². The highest BCUT2D eigenvalue weighted by Crippen LogP contribution is 2.29. The first-order chi connectivity index (χ1) is 5.27. The maximum absolute atomic E-state index is 9.31. The summed E-state index contributed by atoms with van der Waals surface area (Å²) in [6.07, 6.45) is 0. The van der Waals surface area contributed by atoms with Crippen LogP contribution in [-0.4, -0.2) is 10.2 Å². The second-order valence-corrected chi connectivity index (χ2v) is 2.71. The molecule has 0 saturated carbocycles. The average molecular weight is 151 g/mol. The zero-order chi connectivity index (χ0) is 7.84. The van der Waals surface area contributed by atoms with E-state index in [1.807, 2.05) is 0 Å². The molecular formula is C8H9NO2. The highest BCUT2D eigenvalue weighted by molar-refractivity contribution is 5.46. The van der Waals surface area contributed by atoms with Gasteiger partial charge in [-0.3, -0.25) is 0 Å². The summed E-state index contributed by atoms with van der Waals surface area (Å²) in [6.45, 7) is 1.43. The molecule has 0 radical (unpaired) electrons. The molecule has 58 valence electrons. The molecule has 0 atom stereocenters. The molecule has 0 aliphatic carbocycles. The van der Waals surface area contributed by atoms with Crippen LogP contribution in [-0.2, 0) is 13.1 Å². The van der Waals surface area contributed by atoms with Gasteiger partial charge >= 0.3 is 0 Å². The van der Waals surface area contributed by atoms with Crippen molar-refractivity contribution in [1.29, 1.82) is 0 Å². The van der Waals surface area contributed by atoms with Gasteiger partial charge in [0, 0.05) is 24.7 Å². The van der Waals surface area contributed by atoms with Crippen molar-refractivity contribution in [3.63, 3.8) is 0 Å². The number of aromatic hydroxyl groups is 2. The van der Waals surface area contributed by atoms with Crippen molar-refractivity contribution in [2.24, 2.45) is 0 Å². The van der Waals surface area contributed by atoms with Gasteiger partial charge in [-0.15, -0.1) is 0 Å². The monoisotopic (exact) mass is 151 g/mol. The van der Waals surface area contributed by atoms with Gasteiger partial charge in [-0.05, 0) is 11.6 Å². The lowest BCUT2D eigenvalue weighted by Gasteiger charge is -2.01. The van der Waals surface area contributed by atoms with Gasteiger partial charge in [0.2, 0.25) is 0 Å². The van der Waals surface area contributed by atoms with E-state index in [1.165, 1.54) is 6.07 Å². The lowest BCUT2D eigenvalue weighted by molar-refractivity contribution is 0.446. The molecule has 0 aromatic heterocycles. The molecule has 0 bridgehead atoms. The van der Waals surface area contributed by atoms with Crippen LogP contribution < -0.4 is 5.32 Å². The predicted molar refractivity (Wildman–Crippen MR) is 40.3 cm³/mol. The summed E-state index contributed by atoms with van der Waals surface area (Å²) in [5.41, 5.74) is 1.89. The number of benzene rings is 1. The maximum Gasteiger partial charge on any atom is 0.124 e. The van der Waals surface area contributed by atoms with Crippen LogP contribution in [0.1, 0.15) is 11.1 Å². The van der Waals surface area contributed by atoms with Gasteiger partial charge in [0.05, 0.1) is 0 Å². The Morgan fingerprint density at radius 1 is 1.18 bits per heavy atom. The Balaban J connectivity index is 2.60. The Bertz CT molecular complexity index is 296. The maximum atomic E-state index is 9.31. The summed E-state index contributed by atoms with van der Waals surface area (Å²) in [5.74, 6) is 0.315. The van der Waals surface area contributed by atoms with E-state index in [0.29, 0.717) is 6.54 Å². The molecular weight excluding hydrogens is 142 g/mol. The minimum absolute atomic E-state index is 0.130. The van der Waals surface area contributed by atoms with Crippen LogP contribution in [0.4, 0.5) is 0 Å². The van der Waals surface area contributed by atoms with Crippen LogP contribution in [0.15, 0.2) is 12.1 Å². The number of rotatable bonds is 0. The molecule has 3 heteroatoms. The van der Waals surface area contributed by atoms with Crippen LogP contribution in [0.5, 0.6) is 11.5 Å². The van der Waals surface area contributed by atoms with Crippen molar-refractivity contribution in [2.45, 2.75) is 13.1 Å². The van der Waals surface area contributed by atoms with Crippen molar-refractivity contribution in [1.82, 2.24) is 5.32 Å². The molecule has 0 spiro atoms. The molecule has 3 nitrogen and oxygen atoms in total. The number of phenolic OH excluding ortho intramolecular Hbond substituents is 2. The van der Waals surface area contributed by atoms with E-state index in [0.717, 1.165) is 17.7 Å². The Hall–Kier alpha value is -1.22. The number of phenols is 2. The molecule has 2 rings (SSSR count). The van der Waals surface area contributed by atoms with Gasteiger partial charge in [0.1, 0.15) is 11.5 Å². The molecule has 1 aliphatic rings. The zero-order valence-electron chi connectivity index (χ0n) is 5.96. The van der Waals surface area contributed by atoms with Gasteiger partial charge in [-0.1, -0.05) is 0 Å². The topological polar surface area (TPSA) is 52.5 Å². The van der Waals surface area contributed by atoms with E-state index >= 15 is 0 Å². The van der Waals surface area contributed by atoms with E-state index in [4.69, 9.17) is 5.11 Å². The predicted octanol–water partition coefficient (Wildman–Crippen LogP) is 0.701. The standard InChI is InChI=1S/C8H9NO2/c10-6-1-5-3-9-4-7(5)8(11)2-6/h1-2,9-11H,3-4H2. The second kappa shape index (κ2) is 2.13. The van der Waals surface area contributed by atoms with E-state index < -0.39 is 0 Å². The molecule has 1 aromatic carbocycles. The molecule has 1 aromatic rings. The van der Waals surface area contributed by atoms with Crippen LogP contribution in [0.25, 0.3) is 0 Å². The number of hydrogen-bond donors (Lipinski definition) is 3. The summed E-state index contributed by atoms with van der Waals surface area (Å²) >= 11 is 0. The third kappa shape index (κ3) is 0.935. The number of fused-ring (bicyclic) bond motifs is 1. The van der Waals surface area contributed by atoms with Gasteiger partial charge in [-0.2, -0.15) is 0 Å². The van der Waals surface area contributed by atoms with E-state index in [2.05, 4.69) is 5.32 Å². The molecule has 3 N–H and O–H groups in total. The summed E-state index contributed by atoms with van der Waals surface area (Å²) in [7, 11) is 0. The highest BCUT2D eigenvalue weighted by Gasteiger charge is 2.14. The van der Waals surface area contributed by atoms with Gasteiger partial charge < -0.3 is 15.5 Å².